The number of aliphatic imine (C=N–C) groups is 1. The van der Waals surface area contributed by atoms with Crippen molar-refractivity contribution in [3.8, 4) is 11.5 Å². The lowest BCUT2D eigenvalue weighted by Gasteiger charge is -2.13. The second-order valence-electron chi connectivity index (χ2n) is 7.17. The van der Waals surface area contributed by atoms with Crippen LogP contribution < -0.4 is 9.47 Å². The highest BCUT2D eigenvalue weighted by Crippen LogP contribution is 2.38. The summed E-state index contributed by atoms with van der Waals surface area (Å²) in [5, 5.41) is 0. The SMILES string of the molecule is CCOc1cc(/C=C2\N=C(c3ccccc3C)OC2=O)cc(Br)c1OC(=O)c1ccccc1. The van der Waals surface area contributed by atoms with Gasteiger partial charge in [0.05, 0.1) is 16.6 Å². The van der Waals surface area contributed by atoms with Gasteiger partial charge in [0.2, 0.25) is 5.90 Å². The predicted molar refractivity (Wildman–Crippen MR) is 128 cm³/mol. The molecule has 1 heterocycles. The van der Waals surface area contributed by atoms with Crippen molar-refractivity contribution in [1.29, 1.82) is 0 Å². The molecule has 0 aromatic heterocycles. The summed E-state index contributed by atoms with van der Waals surface area (Å²) in [5.74, 6) is -0.164. The summed E-state index contributed by atoms with van der Waals surface area (Å²) in [5.41, 5.74) is 2.93. The number of benzene rings is 3. The second-order valence-corrected chi connectivity index (χ2v) is 8.02. The third-order valence-corrected chi connectivity index (χ3v) is 5.42. The molecule has 33 heavy (non-hydrogen) atoms. The van der Waals surface area contributed by atoms with Crippen LogP contribution >= 0.6 is 15.9 Å². The number of nitrogens with zero attached hydrogens (tertiary/aromatic N) is 1. The van der Waals surface area contributed by atoms with E-state index in [1.54, 1.807) is 42.5 Å². The van der Waals surface area contributed by atoms with Gasteiger partial charge in [-0.05, 0) is 77.3 Å². The van der Waals surface area contributed by atoms with E-state index in [0.717, 1.165) is 11.1 Å². The van der Waals surface area contributed by atoms with Crippen molar-refractivity contribution in [3.63, 3.8) is 0 Å². The number of hydrogen-bond acceptors (Lipinski definition) is 6. The van der Waals surface area contributed by atoms with Crippen LogP contribution in [-0.4, -0.2) is 24.4 Å². The summed E-state index contributed by atoms with van der Waals surface area (Å²) in [4.78, 5) is 29.3. The van der Waals surface area contributed by atoms with Gasteiger partial charge in [-0.1, -0.05) is 36.4 Å². The minimum Gasteiger partial charge on any atom is -0.490 e. The van der Waals surface area contributed by atoms with Crippen molar-refractivity contribution >= 4 is 39.8 Å². The van der Waals surface area contributed by atoms with Crippen molar-refractivity contribution in [2.75, 3.05) is 6.61 Å². The molecule has 0 saturated heterocycles. The van der Waals surface area contributed by atoms with Crippen LogP contribution in [0.1, 0.15) is 34.0 Å². The Kier molecular flexibility index (Phi) is 6.70. The zero-order chi connectivity index (χ0) is 23.4. The van der Waals surface area contributed by atoms with Gasteiger partial charge in [-0.2, -0.15) is 0 Å². The summed E-state index contributed by atoms with van der Waals surface area (Å²) in [7, 11) is 0. The van der Waals surface area contributed by atoms with E-state index < -0.39 is 11.9 Å². The lowest BCUT2D eigenvalue weighted by molar-refractivity contribution is -0.129. The molecule has 1 aliphatic rings. The molecule has 0 N–H and O–H groups in total. The first-order valence-electron chi connectivity index (χ1n) is 10.3. The zero-order valence-electron chi connectivity index (χ0n) is 18.0. The van der Waals surface area contributed by atoms with Gasteiger partial charge in [0.1, 0.15) is 0 Å². The Morgan fingerprint density at radius 2 is 1.82 bits per heavy atom. The van der Waals surface area contributed by atoms with Crippen LogP contribution in [0, 0.1) is 6.92 Å². The molecule has 0 aliphatic carbocycles. The maximum Gasteiger partial charge on any atom is 0.363 e. The number of cyclic esters (lactones) is 1. The van der Waals surface area contributed by atoms with Crippen LogP contribution in [0.15, 0.2) is 81.9 Å². The molecule has 0 fully saturated rings. The summed E-state index contributed by atoms with van der Waals surface area (Å²) < 4.78 is 17.2. The number of rotatable bonds is 6. The highest BCUT2D eigenvalue weighted by molar-refractivity contribution is 9.10. The van der Waals surface area contributed by atoms with Crippen molar-refractivity contribution in [1.82, 2.24) is 0 Å². The van der Waals surface area contributed by atoms with Gasteiger partial charge in [-0.25, -0.2) is 14.6 Å². The van der Waals surface area contributed by atoms with Crippen LogP contribution in [0.5, 0.6) is 11.5 Å². The number of hydrogen-bond donors (Lipinski definition) is 0. The van der Waals surface area contributed by atoms with Gasteiger partial charge < -0.3 is 14.2 Å². The lowest BCUT2D eigenvalue weighted by atomic mass is 10.1. The Balaban J connectivity index is 1.66. The Morgan fingerprint density at radius 1 is 1.09 bits per heavy atom. The first-order valence-corrected chi connectivity index (χ1v) is 11.1. The molecule has 0 saturated carbocycles. The molecule has 0 atom stereocenters. The summed E-state index contributed by atoms with van der Waals surface area (Å²) >= 11 is 3.45. The highest BCUT2D eigenvalue weighted by atomic mass is 79.9. The molecule has 0 bridgehead atoms. The van der Waals surface area contributed by atoms with Gasteiger partial charge in [0.25, 0.3) is 0 Å². The van der Waals surface area contributed by atoms with E-state index in [-0.39, 0.29) is 17.3 Å². The van der Waals surface area contributed by atoms with Crippen LogP contribution in [0.4, 0.5) is 0 Å². The van der Waals surface area contributed by atoms with Gasteiger partial charge >= 0.3 is 11.9 Å². The van der Waals surface area contributed by atoms with Crippen LogP contribution in [0.3, 0.4) is 0 Å². The predicted octanol–water partition coefficient (Wildman–Crippen LogP) is 5.72. The number of esters is 2. The van der Waals surface area contributed by atoms with E-state index in [2.05, 4.69) is 20.9 Å². The molecule has 4 rings (SSSR count). The Hall–Kier alpha value is -3.71. The minimum atomic E-state index is -0.540. The van der Waals surface area contributed by atoms with Crippen LogP contribution in [-0.2, 0) is 9.53 Å². The number of aryl methyl sites for hydroxylation is 1. The first-order chi connectivity index (χ1) is 16.0. The molecule has 0 radical (unpaired) electrons. The molecule has 7 heteroatoms. The summed E-state index contributed by atoms with van der Waals surface area (Å²) in [6.45, 7) is 4.11. The molecule has 0 spiro atoms. The first kappa shape index (κ1) is 22.5. The molecular formula is C26H20BrNO5. The fourth-order valence-electron chi connectivity index (χ4n) is 3.25. The topological polar surface area (TPSA) is 74.2 Å². The number of carbonyl (C=O) groups excluding carboxylic acids is 2. The van der Waals surface area contributed by atoms with E-state index in [0.29, 0.717) is 28.0 Å². The fourth-order valence-corrected chi connectivity index (χ4v) is 3.79. The zero-order valence-corrected chi connectivity index (χ0v) is 19.6. The monoisotopic (exact) mass is 505 g/mol. The lowest BCUT2D eigenvalue weighted by Crippen LogP contribution is -2.10. The molecule has 6 nitrogen and oxygen atoms in total. The minimum absolute atomic E-state index is 0.164. The van der Waals surface area contributed by atoms with Gasteiger partial charge in [-0.3, -0.25) is 0 Å². The smallest absolute Gasteiger partial charge is 0.363 e. The average molecular weight is 506 g/mol. The van der Waals surface area contributed by atoms with Crippen molar-refractivity contribution in [3.05, 3.63) is 99.2 Å². The van der Waals surface area contributed by atoms with E-state index in [9.17, 15) is 9.59 Å². The maximum absolute atomic E-state index is 12.5. The van der Waals surface area contributed by atoms with E-state index >= 15 is 0 Å². The molecule has 0 amide bonds. The Bertz CT molecular complexity index is 1280. The molecule has 166 valence electrons. The third kappa shape index (κ3) is 5.04. The maximum atomic E-state index is 12.5. The number of carbonyl (C=O) groups is 2. The van der Waals surface area contributed by atoms with Gasteiger partial charge in [0, 0.05) is 5.56 Å². The quantitative estimate of drug-likeness (QED) is 0.243. The molecular weight excluding hydrogens is 486 g/mol. The number of ether oxygens (including phenoxy) is 3. The van der Waals surface area contributed by atoms with Crippen molar-refractivity contribution < 1.29 is 23.8 Å². The fraction of sp³-hybridized carbons (Fsp3) is 0.115. The van der Waals surface area contributed by atoms with E-state index in [1.807, 2.05) is 44.2 Å². The summed E-state index contributed by atoms with van der Waals surface area (Å²) in [6, 6.07) is 19.6. The van der Waals surface area contributed by atoms with Crippen LogP contribution in [0.2, 0.25) is 0 Å². The van der Waals surface area contributed by atoms with Gasteiger partial charge in [-0.15, -0.1) is 0 Å². The normalized spacial score (nSPS) is 14.1. The van der Waals surface area contributed by atoms with Gasteiger partial charge in [0.15, 0.2) is 17.2 Å². The Morgan fingerprint density at radius 3 is 2.55 bits per heavy atom. The molecule has 1 aliphatic heterocycles. The van der Waals surface area contributed by atoms with Crippen LogP contribution in [0.25, 0.3) is 6.08 Å². The highest BCUT2D eigenvalue weighted by Gasteiger charge is 2.25. The third-order valence-electron chi connectivity index (χ3n) is 4.84. The van der Waals surface area contributed by atoms with Crippen molar-refractivity contribution in [2.24, 2.45) is 4.99 Å². The average Bonchev–Trinajstić information content (AvgIpc) is 3.17. The van der Waals surface area contributed by atoms with E-state index in [4.69, 9.17) is 14.2 Å². The largest absolute Gasteiger partial charge is 0.490 e. The van der Waals surface area contributed by atoms with Crippen molar-refractivity contribution in [2.45, 2.75) is 13.8 Å². The Labute approximate surface area is 199 Å². The molecule has 3 aromatic carbocycles. The summed E-state index contributed by atoms with van der Waals surface area (Å²) in [6.07, 6.45) is 1.60. The standard InChI is InChI=1S/C26H20BrNO5/c1-3-31-22-15-17(13-20(27)23(22)32-25(29)18-10-5-4-6-11-18)14-21-26(30)33-24(28-21)19-12-8-7-9-16(19)2/h4-15H,3H2,1-2H3/b21-14-. The molecule has 0 unspecified atom stereocenters. The molecule has 3 aromatic rings. The number of halogens is 1. The second kappa shape index (κ2) is 9.83. The van der Waals surface area contributed by atoms with E-state index in [1.165, 1.54) is 0 Å².